The predicted octanol–water partition coefficient (Wildman–Crippen LogP) is 6.49. The number of pyridine rings is 3. The van der Waals surface area contributed by atoms with Gasteiger partial charge in [0.05, 0.1) is 10.9 Å². The summed E-state index contributed by atoms with van der Waals surface area (Å²) >= 11 is 0. The smallest absolute Gasteiger partial charge is 0.194 e. The third-order valence-electron chi connectivity index (χ3n) is 6.36. The molecule has 0 spiro atoms. The highest BCUT2D eigenvalue weighted by molar-refractivity contribution is 5.92. The number of rotatable bonds is 5. The Morgan fingerprint density at radius 1 is 0.914 bits per heavy atom. The predicted molar refractivity (Wildman–Crippen MR) is 139 cm³/mol. The number of furan rings is 1. The fourth-order valence-corrected chi connectivity index (χ4v) is 4.51. The maximum absolute atomic E-state index is 13.5. The molecule has 0 radical (unpaired) electrons. The van der Waals surface area contributed by atoms with Crippen LogP contribution in [0.2, 0.25) is 0 Å². The number of aryl methyl sites for hydroxylation is 3. The molecule has 0 aliphatic carbocycles. The highest BCUT2D eigenvalue weighted by atomic mass is 16.3. The first-order valence-electron chi connectivity index (χ1n) is 11.7. The molecule has 170 valence electrons. The molecule has 6 aromatic rings. The van der Waals surface area contributed by atoms with Crippen LogP contribution in [0.15, 0.2) is 100 Å². The van der Waals surface area contributed by atoms with Crippen molar-refractivity contribution in [2.45, 2.75) is 19.8 Å². The summed E-state index contributed by atoms with van der Waals surface area (Å²) in [6.45, 7) is 1.91. The van der Waals surface area contributed by atoms with Gasteiger partial charge < -0.3 is 9.40 Å². The lowest BCUT2D eigenvalue weighted by molar-refractivity contribution is 0.547. The first-order chi connectivity index (χ1) is 17.2. The summed E-state index contributed by atoms with van der Waals surface area (Å²) in [5.74, 6) is 1.47. The average Bonchev–Trinajstić information content (AvgIpc) is 3.34. The van der Waals surface area contributed by atoms with Crippen LogP contribution >= 0.6 is 0 Å². The van der Waals surface area contributed by atoms with Crippen LogP contribution in [0.25, 0.3) is 44.5 Å². The SMILES string of the molecule is Cc1ccc(-c2nc3[nH]cc(CCc4ccccc4)c(=O)c3cc2-c2ccc3ncccc3c2)o1. The van der Waals surface area contributed by atoms with Gasteiger partial charge in [-0.15, -0.1) is 0 Å². The van der Waals surface area contributed by atoms with E-state index in [9.17, 15) is 4.79 Å². The molecule has 0 saturated carbocycles. The summed E-state index contributed by atoms with van der Waals surface area (Å²) in [6, 6.07) is 26.0. The van der Waals surface area contributed by atoms with Crippen LogP contribution < -0.4 is 5.43 Å². The average molecular weight is 458 g/mol. The van der Waals surface area contributed by atoms with Crippen molar-refractivity contribution in [2.75, 3.05) is 0 Å². The molecule has 6 rings (SSSR count). The molecule has 0 bridgehead atoms. The summed E-state index contributed by atoms with van der Waals surface area (Å²) in [7, 11) is 0. The van der Waals surface area contributed by atoms with Crippen LogP contribution in [-0.2, 0) is 12.8 Å². The van der Waals surface area contributed by atoms with E-state index in [2.05, 4.69) is 28.2 Å². The summed E-state index contributed by atoms with van der Waals surface area (Å²) in [4.78, 5) is 26.1. The van der Waals surface area contributed by atoms with E-state index in [0.717, 1.165) is 39.8 Å². The second-order valence-corrected chi connectivity index (χ2v) is 8.73. The Labute approximate surface area is 202 Å². The van der Waals surface area contributed by atoms with Crippen molar-refractivity contribution in [3.63, 3.8) is 0 Å². The monoisotopic (exact) mass is 457 g/mol. The zero-order valence-electron chi connectivity index (χ0n) is 19.3. The number of nitrogens with one attached hydrogen (secondary N) is 1. The van der Waals surface area contributed by atoms with Gasteiger partial charge in [0.25, 0.3) is 0 Å². The summed E-state index contributed by atoms with van der Waals surface area (Å²) in [6.07, 6.45) is 5.04. The fraction of sp³-hybridized carbons (Fsp3) is 0.100. The van der Waals surface area contributed by atoms with Crippen LogP contribution in [0, 0.1) is 6.92 Å². The number of H-pyrrole nitrogens is 1. The molecule has 4 heterocycles. The molecule has 0 atom stereocenters. The van der Waals surface area contributed by atoms with E-state index >= 15 is 0 Å². The molecule has 4 aromatic heterocycles. The van der Waals surface area contributed by atoms with Crippen molar-refractivity contribution in [2.24, 2.45) is 0 Å². The van der Waals surface area contributed by atoms with Gasteiger partial charge in [-0.25, -0.2) is 4.98 Å². The van der Waals surface area contributed by atoms with Gasteiger partial charge >= 0.3 is 0 Å². The highest BCUT2D eigenvalue weighted by Gasteiger charge is 2.17. The molecule has 0 aliphatic rings. The van der Waals surface area contributed by atoms with E-state index < -0.39 is 0 Å². The Bertz CT molecular complexity index is 1730. The molecule has 0 amide bonds. The van der Waals surface area contributed by atoms with Crippen molar-refractivity contribution < 1.29 is 4.42 Å². The van der Waals surface area contributed by atoms with Crippen molar-refractivity contribution in [3.8, 4) is 22.6 Å². The van der Waals surface area contributed by atoms with E-state index in [1.807, 2.05) is 67.6 Å². The Balaban J connectivity index is 1.51. The number of nitrogens with zero attached hydrogens (tertiary/aromatic N) is 2. The standard InChI is InChI=1S/C30H23N3O2/c1-19-9-14-27(35-19)28-24(21-12-13-26-22(16-21)8-5-15-31-26)17-25-29(34)23(18-32-30(25)33-28)11-10-20-6-3-2-4-7-20/h2-9,12-18H,10-11H2,1H3,(H,32,33,34). The van der Waals surface area contributed by atoms with Crippen molar-refractivity contribution in [1.29, 1.82) is 0 Å². The zero-order chi connectivity index (χ0) is 23.8. The lowest BCUT2D eigenvalue weighted by Gasteiger charge is -2.11. The molecule has 5 heteroatoms. The molecule has 1 N–H and O–H groups in total. The Morgan fingerprint density at radius 3 is 2.63 bits per heavy atom. The third-order valence-corrected chi connectivity index (χ3v) is 6.36. The second kappa shape index (κ2) is 8.69. The van der Waals surface area contributed by atoms with Gasteiger partial charge in [0.1, 0.15) is 17.1 Å². The van der Waals surface area contributed by atoms with Gasteiger partial charge in [-0.3, -0.25) is 9.78 Å². The number of aromatic nitrogens is 3. The van der Waals surface area contributed by atoms with Gasteiger partial charge in [0.15, 0.2) is 11.2 Å². The number of benzene rings is 2. The fourth-order valence-electron chi connectivity index (χ4n) is 4.51. The maximum atomic E-state index is 13.5. The van der Waals surface area contributed by atoms with Gasteiger partial charge in [-0.1, -0.05) is 42.5 Å². The van der Waals surface area contributed by atoms with E-state index in [-0.39, 0.29) is 5.43 Å². The van der Waals surface area contributed by atoms with Gasteiger partial charge in [-0.2, -0.15) is 0 Å². The summed E-state index contributed by atoms with van der Waals surface area (Å²) < 4.78 is 5.94. The minimum Gasteiger partial charge on any atom is -0.460 e. The number of fused-ring (bicyclic) bond motifs is 2. The number of aromatic amines is 1. The van der Waals surface area contributed by atoms with Crippen LogP contribution in [-0.4, -0.2) is 15.0 Å². The van der Waals surface area contributed by atoms with Gasteiger partial charge in [-0.05, 0) is 67.3 Å². The van der Waals surface area contributed by atoms with E-state index in [4.69, 9.17) is 9.40 Å². The van der Waals surface area contributed by atoms with Crippen LogP contribution in [0.5, 0.6) is 0 Å². The maximum Gasteiger partial charge on any atom is 0.194 e. The van der Waals surface area contributed by atoms with E-state index in [1.54, 1.807) is 12.4 Å². The molecular weight excluding hydrogens is 434 g/mol. The van der Waals surface area contributed by atoms with Crippen molar-refractivity contribution in [1.82, 2.24) is 15.0 Å². The first-order valence-corrected chi connectivity index (χ1v) is 11.7. The quantitative estimate of drug-likeness (QED) is 0.321. The summed E-state index contributed by atoms with van der Waals surface area (Å²) in [5.41, 5.74) is 5.93. The molecule has 35 heavy (non-hydrogen) atoms. The Morgan fingerprint density at radius 2 is 1.80 bits per heavy atom. The molecule has 0 unspecified atom stereocenters. The minimum atomic E-state index is 0.00747. The minimum absolute atomic E-state index is 0.00747. The molecule has 5 nitrogen and oxygen atoms in total. The number of hydrogen-bond acceptors (Lipinski definition) is 4. The number of hydrogen-bond donors (Lipinski definition) is 1. The van der Waals surface area contributed by atoms with Crippen molar-refractivity contribution >= 4 is 21.9 Å². The van der Waals surface area contributed by atoms with Crippen molar-refractivity contribution in [3.05, 3.63) is 118 Å². The van der Waals surface area contributed by atoms with E-state index in [0.29, 0.717) is 28.9 Å². The largest absolute Gasteiger partial charge is 0.460 e. The van der Waals surface area contributed by atoms with Crippen LogP contribution in [0.1, 0.15) is 16.9 Å². The molecule has 0 saturated heterocycles. The molecule has 2 aromatic carbocycles. The molecule has 0 fully saturated rings. The summed E-state index contributed by atoms with van der Waals surface area (Å²) in [5, 5.41) is 1.60. The topological polar surface area (TPSA) is 71.8 Å². The third kappa shape index (κ3) is 4.02. The van der Waals surface area contributed by atoms with Crippen LogP contribution in [0.3, 0.4) is 0 Å². The molecular formula is C30H23N3O2. The lowest BCUT2D eigenvalue weighted by Crippen LogP contribution is -2.12. The van der Waals surface area contributed by atoms with Crippen LogP contribution in [0.4, 0.5) is 0 Å². The second-order valence-electron chi connectivity index (χ2n) is 8.73. The van der Waals surface area contributed by atoms with Gasteiger partial charge in [0.2, 0.25) is 0 Å². The van der Waals surface area contributed by atoms with Gasteiger partial charge in [0, 0.05) is 28.9 Å². The van der Waals surface area contributed by atoms with E-state index in [1.165, 1.54) is 5.56 Å². The molecule has 0 aliphatic heterocycles. The Hall–Kier alpha value is -4.51. The first kappa shape index (κ1) is 21.1. The highest BCUT2D eigenvalue weighted by Crippen LogP contribution is 2.34. The normalized spacial score (nSPS) is 11.3. The Kier molecular flexibility index (Phi) is 5.23. The lowest BCUT2D eigenvalue weighted by atomic mass is 9.98. The zero-order valence-corrected chi connectivity index (χ0v) is 19.3.